The number of carbonyl (C=O) groups excluding carboxylic acids is 1. The van der Waals surface area contributed by atoms with Crippen LogP contribution >= 0.6 is 15.9 Å². The number of halogens is 1. The summed E-state index contributed by atoms with van der Waals surface area (Å²) in [6, 6.07) is 12.5. The molecule has 0 atom stereocenters. The molecular formula is C15H14BrNO2. The van der Waals surface area contributed by atoms with Crippen molar-refractivity contribution in [2.75, 3.05) is 11.9 Å². The largest absolute Gasteiger partial charge is 0.507 e. The standard InChI is InChI=1S/C15H14BrNO2/c1-10-3-6-12(7-4-10)17(2)15(19)13-8-5-11(16)9-14(13)18/h3-9,18H,1-2H3. The van der Waals surface area contributed by atoms with Gasteiger partial charge in [-0.2, -0.15) is 0 Å². The Morgan fingerprint density at radius 1 is 1.16 bits per heavy atom. The molecule has 0 aromatic heterocycles. The Bertz CT molecular complexity index is 608. The number of nitrogens with zero attached hydrogens (tertiary/aromatic N) is 1. The van der Waals surface area contributed by atoms with Crippen LogP contribution in [0.5, 0.6) is 5.75 Å². The van der Waals surface area contributed by atoms with Gasteiger partial charge in [0.1, 0.15) is 5.75 Å². The molecule has 1 amide bonds. The van der Waals surface area contributed by atoms with Crippen LogP contribution < -0.4 is 4.90 Å². The Labute approximate surface area is 120 Å². The quantitative estimate of drug-likeness (QED) is 0.916. The SMILES string of the molecule is Cc1ccc(N(C)C(=O)c2ccc(Br)cc2O)cc1. The fourth-order valence-corrected chi connectivity index (χ4v) is 2.10. The first kappa shape index (κ1) is 13.6. The average molecular weight is 320 g/mol. The summed E-state index contributed by atoms with van der Waals surface area (Å²) in [6.07, 6.45) is 0. The lowest BCUT2D eigenvalue weighted by Crippen LogP contribution is -2.26. The molecule has 0 heterocycles. The number of amides is 1. The third-order valence-electron chi connectivity index (χ3n) is 2.92. The second kappa shape index (κ2) is 5.45. The molecule has 0 unspecified atom stereocenters. The molecule has 0 spiro atoms. The molecule has 0 aliphatic carbocycles. The van der Waals surface area contributed by atoms with Crippen LogP contribution in [0.25, 0.3) is 0 Å². The highest BCUT2D eigenvalue weighted by atomic mass is 79.9. The summed E-state index contributed by atoms with van der Waals surface area (Å²) >= 11 is 3.25. The van der Waals surface area contributed by atoms with E-state index in [-0.39, 0.29) is 17.2 Å². The molecule has 0 fully saturated rings. The monoisotopic (exact) mass is 319 g/mol. The van der Waals surface area contributed by atoms with Crippen molar-refractivity contribution < 1.29 is 9.90 Å². The van der Waals surface area contributed by atoms with Gasteiger partial charge < -0.3 is 10.0 Å². The van der Waals surface area contributed by atoms with Gasteiger partial charge in [0, 0.05) is 17.2 Å². The minimum Gasteiger partial charge on any atom is -0.507 e. The zero-order chi connectivity index (χ0) is 14.0. The third kappa shape index (κ3) is 2.96. The molecule has 0 saturated carbocycles. The molecule has 0 bridgehead atoms. The molecule has 19 heavy (non-hydrogen) atoms. The lowest BCUT2D eigenvalue weighted by Gasteiger charge is -2.18. The zero-order valence-corrected chi connectivity index (χ0v) is 12.3. The number of rotatable bonds is 2. The molecule has 2 rings (SSSR count). The number of phenols is 1. The molecular weight excluding hydrogens is 306 g/mol. The first-order valence-corrected chi connectivity index (χ1v) is 6.61. The number of hydrogen-bond acceptors (Lipinski definition) is 2. The highest BCUT2D eigenvalue weighted by Crippen LogP contribution is 2.25. The summed E-state index contributed by atoms with van der Waals surface area (Å²) in [4.78, 5) is 13.8. The van der Waals surface area contributed by atoms with Crippen LogP contribution in [0.1, 0.15) is 15.9 Å². The van der Waals surface area contributed by atoms with Crippen molar-refractivity contribution in [3.05, 3.63) is 58.1 Å². The summed E-state index contributed by atoms with van der Waals surface area (Å²) in [5.41, 5.74) is 2.21. The smallest absolute Gasteiger partial charge is 0.261 e. The number of anilines is 1. The maximum atomic E-state index is 12.3. The van der Waals surface area contributed by atoms with Crippen LogP contribution in [-0.2, 0) is 0 Å². The molecule has 3 nitrogen and oxygen atoms in total. The number of aryl methyl sites for hydroxylation is 1. The highest BCUT2D eigenvalue weighted by molar-refractivity contribution is 9.10. The van der Waals surface area contributed by atoms with E-state index in [4.69, 9.17) is 0 Å². The Kier molecular flexibility index (Phi) is 3.90. The molecule has 4 heteroatoms. The maximum absolute atomic E-state index is 12.3. The number of phenolic OH excluding ortho intramolecular Hbond substituents is 1. The molecule has 0 aliphatic heterocycles. The second-order valence-electron chi connectivity index (χ2n) is 4.36. The van der Waals surface area contributed by atoms with Crippen LogP contribution in [-0.4, -0.2) is 18.1 Å². The van der Waals surface area contributed by atoms with Crippen molar-refractivity contribution in [1.82, 2.24) is 0 Å². The molecule has 0 aliphatic rings. The topological polar surface area (TPSA) is 40.5 Å². The number of benzene rings is 2. The van der Waals surface area contributed by atoms with Crippen LogP contribution in [0.15, 0.2) is 46.9 Å². The van der Waals surface area contributed by atoms with Gasteiger partial charge in [-0.3, -0.25) is 4.79 Å². The van der Waals surface area contributed by atoms with Crippen LogP contribution in [0.3, 0.4) is 0 Å². The van der Waals surface area contributed by atoms with Crippen molar-refractivity contribution in [1.29, 1.82) is 0 Å². The lowest BCUT2D eigenvalue weighted by atomic mass is 10.1. The van der Waals surface area contributed by atoms with E-state index in [0.717, 1.165) is 15.7 Å². The summed E-state index contributed by atoms with van der Waals surface area (Å²) in [6.45, 7) is 1.99. The minimum absolute atomic E-state index is 0.0293. The van der Waals surface area contributed by atoms with Gasteiger partial charge in [-0.1, -0.05) is 33.6 Å². The van der Waals surface area contributed by atoms with Crippen molar-refractivity contribution in [2.45, 2.75) is 6.92 Å². The lowest BCUT2D eigenvalue weighted by molar-refractivity contribution is 0.0990. The summed E-state index contributed by atoms with van der Waals surface area (Å²) in [5.74, 6) is -0.271. The van der Waals surface area contributed by atoms with Gasteiger partial charge in [0.25, 0.3) is 5.91 Å². The van der Waals surface area contributed by atoms with E-state index >= 15 is 0 Å². The summed E-state index contributed by atoms with van der Waals surface area (Å²) in [7, 11) is 1.69. The van der Waals surface area contributed by atoms with Gasteiger partial charge in [0.15, 0.2) is 0 Å². The van der Waals surface area contributed by atoms with E-state index in [1.807, 2.05) is 31.2 Å². The molecule has 1 N–H and O–H groups in total. The van der Waals surface area contributed by atoms with Gasteiger partial charge in [-0.05, 0) is 37.3 Å². The van der Waals surface area contributed by atoms with Gasteiger partial charge in [0.05, 0.1) is 5.56 Å². The van der Waals surface area contributed by atoms with E-state index in [1.54, 1.807) is 19.2 Å². The predicted molar refractivity (Wildman–Crippen MR) is 79.7 cm³/mol. The Hall–Kier alpha value is -1.81. The fraction of sp³-hybridized carbons (Fsp3) is 0.133. The number of aromatic hydroxyl groups is 1. The summed E-state index contributed by atoms with van der Waals surface area (Å²) in [5, 5.41) is 9.82. The number of carbonyl (C=O) groups is 1. The van der Waals surface area contributed by atoms with E-state index in [1.165, 1.54) is 11.0 Å². The Balaban J connectivity index is 2.30. The third-order valence-corrected chi connectivity index (χ3v) is 3.41. The molecule has 98 valence electrons. The van der Waals surface area contributed by atoms with Gasteiger partial charge in [-0.25, -0.2) is 0 Å². The van der Waals surface area contributed by atoms with Gasteiger partial charge in [0.2, 0.25) is 0 Å². The van der Waals surface area contributed by atoms with Crippen molar-refractivity contribution >= 4 is 27.5 Å². The van der Waals surface area contributed by atoms with Crippen molar-refractivity contribution in [3.63, 3.8) is 0 Å². The Morgan fingerprint density at radius 3 is 2.37 bits per heavy atom. The first-order valence-electron chi connectivity index (χ1n) is 5.82. The van der Waals surface area contributed by atoms with E-state index in [9.17, 15) is 9.90 Å². The van der Waals surface area contributed by atoms with Gasteiger partial charge >= 0.3 is 0 Å². The minimum atomic E-state index is -0.242. The van der Waals surface area contributed by atoms with E-state index < -0.39 is 0 Å². The second-order valence-corrected chi connectivity index (χ2v) is 5.28. The molecule has 2 aromatic carbocycles. The normalized spacial score (nSPS) is 10.3. The zero-order valence-electron chi connectivity index (χ0n) is 10.7. The highest BCUT2D eigenvalue weighted by Gasteiger charge is 2.17. The fourth-order valence-electron chi connectivity index (χ4n) is 1.75. The first-order chi connectivity index (χ1) is 8.99. The van der Waals surface area contributed by atoms with E-state index in [0.29, 0.717) is 0 Å². The molecule has 0 radical (unpaired) electrons. The summed E-state index contributed by atoms with van der Waals surface area (Å²) < 4.78 is 0.736. The Morgan fingerprint density at radius 2 is 1.79 bits per heavy atom. The van der Waals surface area contributed by atoms with Crippen LogP contribution in [0.4, 0.5) is 5.69 Å². The van der Waals surface area contributed by atoms with Gasteiger partial charge in [-0.15, -0.1) is 0 Å². The predicted octanol–water partition coefficient (Wildman–Crippen LogP) is 3.74. The van der Waals surface area contributed by atoms with Crippen LogP contribution in [0, 0.1) is 6.92 Å². The molecule has 2 aromatic rings. The number of hydrogen-bond donors (Lipinski definition) is 1. The van der Waals surface area contributed by atoms with Crippen LogP contribution in [0.2, 0.25) is 0 Å². The average Bonchev–Trinajstić information content (AvgIpc) is 2.38. The maximum Gasteiger partial charge on any atom is 0.261 e. The van der Waals surface area contributed by atoms with Crippen molar-refractivity contribution in [3.8, 4) is 5.75 Å². The van der Waals surface area contributed by atoms with E-state index in [2.05, 4.69) is 15.9 Å². The van der Waals surface area contributed by atoms with Crippen molar-refractivity contribution in [2.24, 2.45) is 0 Å². The molecule has 0 saturated heterocycles.